The quantitative estimate of drug-likeness (QED) is 0.638. The van der Waals surface area contributed by atoms with Crippen LogP contribution in [0.3, 0.4) is 0 Å². The van der Waals surface area contributed by atoms with Crippen molar-refractivity contribution in [1.29, 1.82) is 0 Å². The van der Waals surface area contributed by atoms with Gasteiger partial charge in [0.25, 0.3) is 0 Å². The lowest BCUT2D eigenvalue weighted by Gasteiger charge is -2.52. The Morgan fingerprint density at radius 1 is 1.45 bits per heavy atom. The molecule has 5 atom stereocenters. The smallest absolute Gasteiger partial charge is 0.0966 e. The van der Waals surface area contributed by atoms with Gasteiger partial charge in [-0.15, -0.1) is 11.6 Å². The molecule has 1 aromatic carbocycles. The van der Waals surface area contributed by atoms with Crippen molar-refractivity contribution in [3.8, 4) is 0 Å². The maximum Gasteiger partial charge on any atom is 0.0966 e. The number of fused-ring (bicyclic) bond motifs is 2. The van der Waals surface area contributed by atoms with Crippen molar-refractivity contribution < 1.29 is 9.84 Å². The van der Waals surface area contributed by atoms with Crippen LogP contribution in [0.4, 0.5) is 0 Å². The Kier molecular flexibility index (Phi) is 3.97. The van der Waals surface area contributed by atoms with Gasteiger partial charge in [-0.1, -0.05) is 46.3 Å². The Morgan fingerprint density at radius 3 is 2.90 bits per heavy atom. The van der Waals surface area contributed by atoms with E-state index in [4.69, 9.17) is 16.3 Å². The van der Waals surface area contributed by atoms with Gasteiger partial charge in [0, 0.05) is 10.4 Å². The first-order valence-electron chi connectivity index (χ1n) is 6.92. The molecule has 1 aliphatic carbocycles. The zero-order chi connectivity index (χ0) is 14.3. The number of hydrogen-bond donors (Lipinski definition) is 1. The van der Waals surface area contributed by atoms with E-state index in [1.807, 2.05) is 24.3 Å². The summed E-state index contributed by atoms with van der Waals surface area (Å²) in [4.78, 5) is 0. The molecule has 1 heterocycles. The highest BCUT2D eigenvalue weighted by Gasteiger charge is 2.54. The van der Waals surface area contributed by atoms with Gasteiger partial charge in [0.05, 0.1) is 29.6 Å². The van der Waals surface area contributed by atoms with Crippen molar-refractivity contribution in [2.45, 2.75) is 30.9 Å². The SMILES string of the molecule is C[C@@H]1O[C@H](c2ccccc2Br)[C@]2(CO)C=CC[C@H]1[C@H]2Cl. The Hall–Kier alpha value is -0.350. The van der Waals surface area contributed by atoms with E-state index in [1.165, 1.54) is 0 Å². The van der Waals surface area contributed by atoms with E-state index in [0.29, 0.717) is 0 Å². The first-order chi connectivity index (χ1) is 9.60. The maximum atomic E-state index is 10.0. The number of aliphatic hydroxyl groups excluding tert-OH is 1. The summed E-state index contributed by atoms with van der Waals surface area (Å²) in [5.41, 5.74) is 0.505. The predicted octanol–water partition coefficient (Wildman–Crippen LogP) is 4.07. The van der Waals surface area contributed by atoms with Crippen LogP contribution in [-0.2, 0) is 4.74 Å². The largest absolute Gasteiger partial charge is 0.395 e. The zero-order valence-corrected chi connectivity index (χ0v) is 13.6. The summed E-state index contributed by atoms with van der Waals surface area (Å²) in [5, 5.41) is 9.93. The van der Waals surface area contributed by atoms with E-state index in [-0.39, 0.29) is 30.1 Å². The number of hydrogen-bond acceptors (Lipinski definition) is 2. The molecule has 20 heavy (non-hydrogen) atoms. The Bertz CT molecular complexity index is 533. The standard InChI is InChI=1S/C16H18BrClO2/c1-10-11-6-4-8-16(9-19,14(11)18)15(20-10)12-5-2-3-7-13(12)17/h2-5,7-8,10-11,14-15,19H,6,9H2,1H3/t10-,11+,14+,15+,16-/m0/s1. The van der Waals surface area contributed by atoms with Crippen molar-refractivity contribution >= 4 is 27.5 Å². The molecule has 1 N–H and O–H groups in total. The Labute approximate surface area is 132 Å². The second-order valence-corrected chi connectivity index (χ2v) is 7.04. The fraction of sp³-hybridized carbons (Fsp3) is 0.500. The molecule has 0 aromatic heterocycles. The molecule has 3 rings (SSSR count). The van der Waals surface area contributed by atoms with Gasteiger partial charge in [-0.3, -0.25) is 0 Å². The van der Waals surface area contributed by atoms with Gasteiger partial charge in [-0.2, -0.15) is 0 Å². The fourth-order valence-corrected chi connectivity index (χ4v) is 4.49. The van der Waals surface area contributed by atoms with E-state index in [9.17, 15) is 5.11 Å². The maximum absolute atomic E-state index is 10.0. The minimum Gasteiger partial charge on any atom is -0.395 e. The molecule has 2 bridgehead atoms. The van der Waals surface area contributed by atoms with Crippen LogP contribution in [0.2, 0.25) is 0 Å². The molecule has 4 heteroatoms. The molecule has 2 nitrogen and oxygen atoms in total. The fourth-order valence-electron chi connectivity index (χ4n) is 3.43. The van der Waals surface area contributed by atoms with Crippen molar-refractivity contribution in [1.82, 2.24) is 0 Å². The van der Waals surface area contributed by atoms with E-state index in [2.05, 4.69) is 35.0 Å². The van der Waals surface area contributed by atoms with Crippen LogP contribution in [0.1, 0.15) is 25.0 Å². The summed E-state index contributed by atoms with van der Waals surface area (Å²) in [5.74, 6) is 0.257. The minimum absolute atomic E-state index is 0.00706. The third-order valence-electron chi connectivity index (χ3n) is 4.63. The highest BCUT2D eigenvalue weighted by atomic mass is 79.9. The third kappa shape index (κ3) is 2.07. The van der Waals surface area contributed by atoms with Crippen molar-refractivity contribution in [2.75, 3.05) is 6.61 Å². The molecule has 1 aliphatic heterocycles. The Morgan fingerprint density at radius 2 is 2.20 bits per heavy atom. The van der Waals surface area contributed by atoms with Gasteiger partial charge in [0.1, 0.15) is 0 Å². The average Bonchev–Trinajstić information content (AvgIpc) is 2.44. The first kappa shape index (κ1) is 14.6. The molecule has 0 saturated carbocycles. The summed E-state index contributed by atoms with van der Waals surface area (Å²) in [6.07, 6.45) is 4.96. The number of allylic oxidation sites excluding steroid dienone is 1. The van der Waals surface area contributed by atoms with Gasteiger partial charge in [0.2, 0.25) is 0 Å². The number of rotatable bonds is 2. The molecule has 0 spiro atoms. The number of ether oxygens (including phenoxy) is 1. The van der Waals surface area contributed by atoms with E-state index >= 15 is 0 Å². The highest BCUT2D eigenvalue weighted by molar-refractivity contribution is 9.10. The molecular weight excluding hydrogens is 340 g/mol. The average molecular weight is 358 g/mol. The minimum atomic E-state index is -0.541. The Balaban J connectivity index is 2.11. The third-order valence-corrected chi connectivity index (χ3v) is 6.08. The molecule has 1 saturated heterocycles. The lowest BCUT2D eigenvalue weighted by atomic mass is 9.65. The van der Waals surface area contributed by atoms with Gasteiger partial charge in [-0.05, 0) is 25.0 Å². The van der Waals surface area contributed by atoms with Crippen LogP contribution in [0, 0.1) is 11.3 Å². The monoisotopic (exact) mass is 356 g/mol. The van der Waals surface area contributed by atoms with Gasteiger partial charge < -0.3 is 9.84 Å². The van der Waals surface area contributed by atoms with Crippen molar-refractivity contribution in [3.63, 3.8) is 0 Å². The topological polar surface area (TPSA) is 29.5 Å². The molecule has 0 unspecified atom stereocenters. The van der Waals surface area contributed by atoms with Crippen molar-refractivity contribution in [2.24, 2.45) is 11.3 Å². The zero-order valence-electron chi connectivity index (χ0n) is 11.3. The molecular formula is C16H18BrClO2. The van der Waals surface area contributed by atoms with Crippen LogP contribution >= 0.6 is 27.5 Å². The lowest BCUT2D eigenvalue weighted by Crippen LogP contribution is -2.54. The van der Waals surface area contributed by atoms with Crippen LogP contribution < -0.4 is 0 Å². The second-order valence-electron chi connectivity index (χ2n) is 5.72. The van der Waals surface area contributed by atoms with Crippen molar-refractivity contribution in [3.05, 3.63) is 46.5 Å². The second kappa shape index (κ2) is 5.45. The molecule has 1 fully saturated rings. The summed E-state index contributed by atoms with van der Waals surface area (Å²) >= 11 is 10.3. The highest BCUT2D eigenvalue weighted by Crippen LogP contribution is 2.55. The van der Waals surface area contributed by atoms with E-state index in [1.54, 1.807) is 0 Å². The first-order valence-corrected chi connectivity index (χ1v) is 8.15. The number of benzene rings is 1. The molecule has 1 aromatic rings. The summed E-state index contributed by atoms with van der Waals surface area (Å²) in [6, 6.07) is 7.99. The molecule has 0 radical (unpaired) electrons. The van der Waals surface area contributed by atoms with Gasteiger partial charge in [0.15, 0.2) is 0 Å². The van der Waals surface area contributed by atoms with Gasteiger partial charge in [-0.25, -0.2) is 0 Å². The van der Waals surface area contributed by atoms with E-state index < -0.39 is 5.41 Å². The summed E-state index contributed by atoms with van der Waals surface area (Å²) in [7, 11) is 0. The van der Waals surface area contributed by atoms with E-state index in [0.717, 1.165) is 16.5 Å². The van der Waals surface area contributed by atoms with Gasteiger partial charge >= 0.3 is 0 Å². The predicted molar refractivity (Wildman–Crippen MR) is 83.8 cm³/mol. The number of aliphatic hydroxyl groups is 1. The molecule has 108 valence electrons. The molecule has 2 aliphatic rings. The van der Waals surface area contributed by atoms with Crippen LogP contribution in [0.15, 0.2) is 40.9 Å². The summed E-state index contributed by atoms with van der Waals surface area (Å²) < 4.78 is 7.25. The van der Waals surface area contributed by atoms with Crippen LogP contribution in [0.5, 0.6) is 0 Å². The van der Waals surface area contributed by atoms with Crippen LogP contribution in [0.25, 0.3) is 0 Å². The number of halogens is 2. The van der Waals surface area contributed by atoms with Crippen LogP contribution in [-0.4, -0.2) is 23.2 Å². The molecule has 0 amide bonds. The number of alkyl halides is 1. The summed E-state index contributed by atoms with van der Waals surface area (Å²) in [6.45, 7) is 2.07. The lowest BCUT2D eigenvalue weighted by molar-refractivity contribution is -0.151. The normalized spacial score (nSPS) is 39.8.